The molecule has 4 fully saturated rings. The number of allylic oxidation sites excluding steroid dienone is 3. The fourth-order valence-corrected chi connectivity index (χ4v) is 7.98. The zero-order valence-corrected chi connectivity index (χ0v) is 23.2. The average molecular weight is 503 g/mol. The summed E-state index contributed by atoms with van der Waals surface area (Å²) in [6.45, 7) is 8.38. The summed E-state index contributed by atoms with van der Waals surface area (Å²) in [4.78, 5) is 19.4. The highest BCUT2D eigenvalue weighted by atomic mass is 16.1. The summed E-state index contributed by atoms with van der Waals surface area (Å²) >= 11 is 0. The first-order chi connectivity index (χ1) is 17.9. The summed E-state index contributed by atoms with van der Waals surface area (Å²) in [6, 6.07) is 8.87. The first kappa shape index (κ1) is 26.2. The lowest BCUT2D eigenvalue weighted by Gasteiger charge is -2.57. The Morgan fingerprint density at radius 3 is 2.43 bits per heavy atom. The summed E-state index contributed by atoms with van der Waals surface area (Å²) in [7, 11) is 1.69. The fraction of sp³-hybridized carbons (Fsp3) is 0.625. The van der Waals surface area contributed by atoms with E-state index >= 15 is 0 Å². The van der Waals surface area contributed by atoms with Gasteiger partial charge in [-0.15, -0.1) is 0 Å². The van der Waals surface area contributed by atoms with Crippen LogP contribution in [0.2, 0.25) is 0 Å². The lowest BCUT2D eigenvalue weighted by atomic mass is 9.48. The maximum absolute atomic E-state index is 11.8. The maximum Gasteiger partial charge on any atom is 0.243 e. The van der Waals surface area contributed by atoms with Crippen LogP contribution < -0.4 is 10.6 Å². The van der Waals surface area contributed by atoms with E-state index in [-0.39, 0.29) is 11.3 Å². The molecule has 200 valence electrons. The number of nitrogens with one attached hydrogen (secondary N) is 2. The van der Waals surface area contributed by atoms with Crippen molar-refractivity contribution in [2.24, 2.45) is 28.2 Å². The van der Waals surface area contributed by atoms with E-state index in [0.29, 0.717) is 0 Å². The largest absolute Gasteiger partial charge is 0.356 e. The second-order valence-corrected chi connectivity index (χ2v) is 12.4. The molecule has 1 aromatic rings. The zero-order valence-electron chi connectivity index (χ0n) is 23.2. The van der Waals surface area contributed by atoms with Gasteiger partial charge in [0.15, 0.2) is 0 Å². The molecule has 1 aliphatic heterocycles. The van der Waals surface area contributed by atoms with Crippen LogP contribution in [0, 0.1) is 23.2 Å². The number of fused-ring (bicyclic) bond motifs is 1. The average Bonchev–Trinajstić information content (AvgIpc) is 2.88. The van der Waals surface area contributed by atoms with Crippen LogP contribution in [0.25, 0.3) is 0 Å². The number of carbonyl (C=O) groups excluding carboxylic acids is 1. The minimum absolute atomic E-state index is 0.0230. The second-order valence-electron chi connectivity index (χ2n) is 12.4. The molecule has 1 amide bonds. The first-order valence-corrected chi connectivity index (χ1v) is 14.6. The van der Waals surface area contributed by atoms with E-state index in [0.717, 1.165) is 74.6 Å². The summed E-state index contributed by atoms with van der Waals surface area (Å²) in [5, 5.41) is 6.53. The van der Waals surface area contributed by atoms with Crippen LogP contribution in [0.5, 0.6) is 0 Å². The highest BCUT2D eigenvalue weighted by Crippen LogP contribution is 2.62. The molecule has 0 radical (unpaired) electrons. The maximum atomic E-state index is 11.8. The lowest BCUT2D eigenvalue weighted by Crippen LogP contribution is -2.49. The van der Waals surface area contributed by atoms with Crippen LogP contribution >= 0.6 is 0 Å². The minimum Gasteiger partial charge on any atom is -0.356 e. The van der Waals surface area contributed by atoms with Crippen molar-refractivity contribution in [2.45, 2.75) is 78.2 Å². The highest BCUT2D eigenvalue weighted by molar-refractivity contribution is 5.87. The Labute approximate surface area is 223 Å². The van der Waals surface area contributed by atoms with Crippen molar-refractivity contribution >= 4 is 11.7 Å². The van der Waals surface area contributed by atoms with Crippen molar-refractivity contribution in [1.29, 1.82) is 0 Å². The molecule has 4 saturated carbocycles. The molecular formula is C32H46N4O. The monoisotopic (exact) mass is 502 g/mol. The number of amides is 1. The Balaban J connectivity index is 1.21. The number of amidine groups is 1. The van der Waals surface area contributed by atoms with Crippen LogP contribution in [0.15, 0.2) is 52.7 Å². The van der Waals surface area contributed by atoms with Gasteiger partial charge in [-0.2, -0.15) is 0 Å². The molecule has 5 heteroatoms. The van der Waals surface area contributed by atoms with Gasteiger partial charge in [0.25, 0.3) is 0 Å². The minimum atomic E-state index is -0.0230. The van der Waals surface area contributed by atoms with Gasteiger partial charge >= 0.3 is 0 Å². The predicted octanol–water partition coefficient (Wildman–Crippen LogP) is 5.63. The summed E-state index contributed by atoms with van der Waals surface area (Å²) in [6.07, 6.45) is 15.4. The predicted molar refractivity (Wildman–Crippen MR) is 152 cm³/mol. The molecule has 4 bridgehead atoms. The van der Waals surface area contributed by atoms with Gasteiger partial charge in [0, 0.05) is 50.4 Å². The number of nitrogens with zero attached hydrogens (tertiary/aromatic N) is 2. The van der Waals surface area contributed by atoms with Gasteiger partial charge in [0.1, 0.15) is 0 Å². The van der Waals surface area contributed by atoms with Gasteiger partial charge in [-0.05, 0) is 101 Å². The van der Waals surface area contributed by atoms with Crippen LogP contribution in [0.3, 0.4) is 0 Å². The van der Waals surface area contributed by atoms with E-state index in [4.69, 9.17) is 4.99 Å². The SMILES string of the molecule is CNC(=O)/C=C(\C)C/C=C(\NC(C)=NCCCN1CCc2ccccc2C1)C12CC3CC(CC(C3)C1)C2. The molecule has 5 aliphatic rings. The molecule has 37 heavy (non-hydrogen) atoms. The number of hydrogen-bond acceptors (Lipinski definition) is 3. The summed E-state index contributed by atoms with van der Waals surface area (Å²) in [5.74, 6) is 3.70. The van der Waals surface area contributed by atoms with Crippen LogP contribution in [0.1, 0.15) is 76.3 Å². The van der Waals surface area contributed by atoms with Crippen molar-refractivity contribution in [3.63, 3.8) is 0 Å². The number of benzene rings is 1. The van der Waals surface area contributed by atoms with Gasteiger partial charge in [-0.1, -0.05) is 35.9 Å². The number of rotatable bonds is 9. The first-order valence-electron chi connectivity index (χ1n) is 14.6. The second kappa shape index (κ2) is 11.6. The lowest BCUT2D eigenvalue weighted by molar-refractivity contribution is -0.116. The highest BCUT2D eigenvalue weighted by Gasteiger charge is 2.52. The molecule has 0 spiro atoms. The number of carbonyl (C=O) groups is 1. The standard InChI is InChI=1S/C32H46N4O/c1-23(15-31(37)33-3)9-10-30(32-19-25-16-26(20-32)18-27(17-25)21-32)35-24(2)34-12-6-13-36-14-11-28-7-4-5-8-29(28)22-36/h4-5,7-8,10,15,25-27H,6,9,11-14,16-22H2,1-3H3,(H,33,37)(H,34,35)/b23-15+,30-10-. The fourth-order valence-electron chi connectivity index (χ4n) is 7.98. The van der Waals surface area contributed by atoms with E-state index in [1.165, 1.54) is 55.3 Å². The Kier molecular flexibility index (Phi) is 8.18. The summed E-state index contributed by atoms with van der Waals surface area (Å²) in [5.41, 5.74) is 5.76. The smallest absolute Gasteiger partial charge is 0.243 e. The zero-order chi connectivity index (χ0) is 25.8. The molecule has 6 rings (SSSR count). The van der Waals surface area contributed by atoms with Gasteiger partial charge < -0.3 is 10.6 Å². The molecule has 1 heterocycles. The molecule has 1 aromatic carbocycles. The van der Waals surface area contributed by atoms with Gasteiger partial charge in [0.05, 0.1) is 5.84 Å². The van der Waals surface area contributed by atoms with Crippen LogP contribution in [-0.2, 0) is 17.8 Å². The van der Waals surface area contributed by atoms with Crippen molar-refractivity contribution in [2.75, 3.05) is 26.7 Å². The van der Waals surface area contributed by atoms with Crippen molar-refractivity contribution in [1.82, 2.24) is 15.5 Å². The Morgan fingerprint density at radius 2 is 1.76 bits per heavy atom. The van der Waals surface area contributed by atoms with Gasteiger partial charge in [-0.3, -0.25) is 14.7 Å². The number of aliphatic imine (C=N–C) groups is 1. The molecule has 2 N–H and O–H groups in total. The van der Waals surface area contributed by atoms with Gasteiger partial charge in [0.2, 0.25) is 5.91 Å². The molecule has 4 aliphatic carbocycles. The third-order valence-corrected chi connectivity index (χ3v) is 9.37. The van der Waals surface area contributed by atoms with Crippen molar-refractivity contribution < 1.29 is 4.79 Å². The van der Waals surface area contributed by atoms with E-state index < -0.39 is 0 Å². The molecule has 0 atom stereocenters. The Morgan fingerprint density at radius 1 is 1.08 bits per heavy atom. The molecule has 0 saturated heterocycles. The van der Waals surface area contributed by atoms with Gasteiger partial charge in [-0.25, -0.2) is 0 Å². The molecule has 0 unspecified atom stereocenters. The van der Waals surface area contributed by atoms with E-state index in [2.05, 4.69) is 59.7 Å². The molecule has 0 aromatic heterocycles. The van der Waals surface area contributed by atoms with Crippen molar-refractivity contribution in [3.05, 3.63) is 58.8 Å². The topological polar surface area (TPSA) is 56.7 Å². The Hall–Kier alpha value is -2.40. The van der Waals surface area contributed by atoms with Crippen molar-refractivity contribution in [3.8, 4) is 0 Å². The number of hydrogen-bond donors (Lipinski definition) is 2. The van der Waals surface area contributed by atoms with Crippen LogP contribution in [-0.4, -0.2) is 43.3 Å². The third-order valence-electron chi connectivity index (χ3n) is 9.37. The summed E-state index contributed by atoms with van der Waals surface area (Å²) < 4.78 is 0. The van der Waals surface area contributed by atoms with E-state index in [9.17, 15) is 4.79 Å². The normalized spacial score (nSPS) is 29.8. The molecule has 5 nitrogen and oxygen atoms in total. The van der Waals surface area contributed by atoms with E-state index in [1.54, 1.807) is 13.1 Å². The molecular weight excluding hydrogens is 456 g/mol. The van der Waals surface area contributed by atoms with Crippen LogP contribution in [0.4, 0.5) is 0 Å². The van der Waals surface area contributed by atoms with E-state index in [1.807, 2.05) is 0 Å². The number of likely N-dealkylation sites (N-methyl/N-ethyl adjacent to an activating group) is 1. The quantitative estimate of drug-likeness (QED) is 0.199. The Bertz CT molecular complexity index is 1030. The third kappa shape index (κ3) is 6.37.